The van der Waals surface area contributed by atoms with Crippen molar-refractivity contribution in [2.75, 3.05) is 6.54 Å². The second kappa shape index (κ2) is 7.60. The molecule has 1 aromatic carbocycles. The predicted molar refractivity (Wildman–Crippen MR) is 86.8 cm³/mol. The number of aryl methyl sites for hydroxylation is 1. The van der Waals surface area contributed by atoms with Gasteiger partial charge in [-0.2, -0.15) is 5.10 Å². The van der Waals surface area contributed by atoms with Crippen molar-refractivity contribution in [2.45, 2.75) is 39.3 Å². The third kappa shape index (κ3) is 4.18. The highest BCUT2D eigenvalue weighted by molar-refractivity contribution is 9.10. The van der Waals surface area contributed by atoms with Crippen LogP contribution in [0.15, 0.2) is 41.1 Å². The third-order valence-electron chi connectivity index (χ3n) is 3.36. The van der Waals surface area contributed by atoms with E-state index >= 15 is 0 Å². The lowest BCUT2D eigenvalue weighted by atomic mass is 10.0. The van der Waals surface area contributed by atoms with Gasteiger partial charge in [0.2, 0.25) is 0 Å². The topological polar surface area (TPSA) is 29.9 Å². The Labute approximate surface area is 129 Å². The quantitative estimate of drug-likeness (QED) is 0.830. The average Bonchev–Trinajstić information content (AvgIpc) is 2.92. The van der Waals surface area contributed by atoms with E-state index in [1.54, 1.807) is 0 Å². The van der Waals surface area contributed by atoms with Crippen LogP contribution in [0, 0.1) is 0 Å². The summed E-state index contributed by atoms with van der Waals surface area (Å²) in [5.41, 5.74) is 2.61. The van der Waals surface area contributed by atoms with Gasteiger partial charge in [0.15, 0.2) is 0 Å². The molecule has 20 heavy (non-hydrogen) atoms. The van der Waals surface area contributed by atoms with Crippen LogP contribution in [0.4, 0.5) is 0 Å². The van der Waals surface area contributed by atoms with E-state index in [1.807, 2.05) is 10.9 Å². The van der Waals surface area contributed by atoms with Crippen LogP contribution in [0.1, 0.15) is 37.4 Å². The molecule has 3 nitrogen and oxygen atoms in total. The second-order valence-corrected chi connectivity index (χ2v) is 5.88. The van der Waals surface area contributed by atoms with Gasteiger partial charge in [-0.3, -0.25) is 4.68 Å². The van der Waals surface area contributed by atoms with E-state index in [2.05, 4.69) is 70.7 Å². The zero-order valence-electron chi connectivity index (χ0n) is 12.1. The highest BCUT2D eigenvalue weighted by Crippen LogP contribution is 2.20. The molecule has 4 heteroatoms. The molecule has 0 aliphatic heterocycles. The Morgan fingerprint density at radius 3 is 2.60 bits per heavy atom. The number of aromatic nitrogens is 2. The van der Waals surface area contributed by atoms with Crippen molar-refractivity contribution in [1.82, 2.24) is 15.1 Å². The number of hydrogen-bond donors (Lipinski definition) is 1. The maximum atomic E-state index is 4.36. The molecule has 0 fully saturated rings. The lowest BCUT2D eigenvalue weighted by molar-refractivity contribution is 0.529. The number of nitrogens with one attached hydrogen (secondary N) is 1. The average molecular weight is 336 g/mol. The molecule has 2 aromatic rings. The Kier molecular flexibility index (Phi) is 5.80. The Balaban J connectivity index is 2.12. The van der Waals surface area contributed by atoms with E-state index in [9.17, 15) is 0 Å². The first kappa shape index (κ1) is 15.3. The summed E-state index contributed by atoms with van der Waals surface area (Å²) >= 11 is 3.49. The molecule has 0 radical (unpaired) electrons. The van der Waals surface area contributed by atoms with Crippen LogP contribution in [0.5, 0.6) is 0 Å². The fraction of sp³-hybridized carbons (Fsp3) is 0.438. The van der Waals surface area contributed by atoms with Gasteiger partial charge in [0.1, 0.15) is 0 Å². The molecule has 0 saturated heterocycles. The fourth-order valence-corrected chi connectivity index (χ4v) is 2.51. The van der Waals surface area contributed by atoms with Crippen molar-refractivity contribution < 1.29 is 0 Å². The molecule has 0 aliphatic carbocycles. The van der Waals surface area contributed by atoms with Crippen molar-refractivity contribution in [3.05, 3.63) is 52.3 Å². The standard InChI is InChI=1S/C16H22BrN3/c1-3-9-18-16(14-5-7-15(17)8-6-14)10-13-11-19-20(4-2)12-13/h5-8,11-12,16,18H,3-4,9-10H2,1-2H3. The SMILES string of the molecule is CCCNC(Cc1cnn(CC)c1)c1ccc(Br)cc1. The van der Waals surface area contributed by atoms with E-state index in [4.69, 9.17) is 0 Å². The van der Waals surface area contributed by atoms with Gasteiger partial charge in [0.05, 0.1) is 6.20 Å². The maximum Gasteiger partial charge on any atom is 0.0522 e. The molecule has 1 unspecified atom stereocenters. The lowest BCUT2D eigenvalue weighted by Gasteiger charge is -2.18. The lowest BCUT2D eigenvalue weighted by Crippen LogP contribution is -2.24. The summed E-state index contributed by atoms with van der Waals surface area (Å²) in [7, 11) is 0. The van der Waals surface area contributed by atoms with Crippen molar-refractivity contribution in [3.63, 3.8) is 0 Å². The summed E-state index contributed by atoms with van der Waals surface area (Å²) in [5.74, 6) is 0. The van der Waals surface area contributed by atoms with Crippen molar-refractivity contribution in [1.29, 1.82) is 0 Å². The summed E-state index contributed by atoms with van der Waals surface area (Å²) < 4.78 is 3.10. The van der Waals surface area contributed by atoms with Gasteiger partial charge in [-0.1, -0.05) is 35.0 Å². The zero-order chi connectivity index (χ0) is 14.4. The van der Waals surface area contributed by atoms with Gasteiger partial charge in [-0.05, 0) is 49.6 Å². The predicted octanol–water partition coefficient (Wildman–Crippen LogP) is 3.95. The summed E-state index contributed by atoms with van der Waals surface area (Å²) in [6.07, 6.45) is 6.23. The van der Waals surface area contributed by atoms with Gasteiger partial charge in [-0.25, -0.2) is 0 Å². The van der Waals surface area contributed by atoms with E-state index in [1.165, 1.54) is 11.1 Å². The number of benzene rings is 1. The first-order valence-corrected chi connectivity index (χ1v) is 8.02. The van der Waals surface area contributed by atoms with Gasteiger partial charge in [0, 0.05) is 23.3 Å². The highest BCUT2D eigenvalue weighted by atomic mass is 79.9. The number of nitrogens with zero attached hydrogens (tertiary/aromatic N) is 2. The van der Waals surface area contributed by atoms with Gasteiger partial charge in [-0.15, -0.1) is 0 Å². The Morgan fingerprint density at radius 1 is 1.25 bits per heavy atom. The Bertz CT molecular complexity index is 519. The van der Waals surface area contributed by atoms with Crippen LogP contribution in [0.3, 0.4) is 0 Å². The first-order valence-electron chi connectivity index (χ1n) is 7.23. The second-order valence-electron chi connectivity index (χ2n) is 4.97. The molecule has 0 bridgehead atoms. The summed E-state index contributed by atoms with van der Waals surface area (Å²) in [4.78, 5) is 0. The van der Waals surface area contributed by atoms with Gasteiger partial charge >= 0.3 is 0 Å². The van der Waals surface area contributed by atoms with Gasteiger partial charge in [0.25, 0.3) is 0 Å². The molecule has 1 heterocycles. The normalized spacial score (nSPS) is 12.6. The molecule has 1 atom stereocenters. The molecule has 0 aliphatic rings. The van der Waals surface area contributed by atoms with Crippen molar-refractivity contribution in [3.8, 4) is 0 Å². The monoisotopic (exact) mass is 335 g/mol. The van der Waals surface area contributed by atoms with Crippen molar-refractivity contribution >= 4 is 15.9 Å². The van der Waals surface area contributed by atoms with Crippen LogP contribution in [0.25, 0.3) is 0 Å². The van der Waals surface area contributed by atoms with E-state index in [0.717, 1.165) is 30.4 Å². The van der Waals surface area contributed by atoms with Gasteiger partial charge < -0.3 is 5.32 Å². The third-order valence-corrected chi connectivity index (χ3v) is 3.89. The number of rotatable bonds is 7. The van der Waals surface area contributed by atoms with E-state index < -0.39 is 0 Å². The molecular weight excluding hydrogens is 314 g/mol. The number of hydrogen-bond acceptors (Lipinski definition) is 2. The minimum absolute atomic E-state index is 0.345. The molecule has 0 saturated carbocycles. The largest absolute Gasteiger partial charge is 0.310 e. The summed E-state index contributed by atoms with van der Waals surface area (Å²) in [6.45, 7) is 6.26. The molecule has 108 valence electrons. The highest BCUT2D eigenvalue weighted by Gasteiger charge is 2.12. The van der Waals surface area contributed by atoms with Crippen LogP contribution < -0.4 is 5.32 Å². The van der Waals surface area contributed by atoms with Crippen molar-refractivity contribution in [2.24, 2.45) is 0 Å². The summed E-state index contributed by atoms with van der Waals surface area (Å²) in [6, 6.07) is 8.91. The zero-order valence-corrected chi connectivity index (χ0v) is 13.7. The molecule has 2 rings (SSSR count). The summed E-state index contributed by atoms with van der Waals surface area (Å²) in [5, 5.41) is 7.99. The van der Waals surface area contributed by atoms with Crippen LogP contribution in [-0.2, 0) is 13.0 Å². The molecule has 1 N–H and O–H groups in total. The number of halogens is 1. The molecule has 1 aromatic heterocycles. The maximum absolute atomic E-state index is 4.36. The minimum atomic E-state index is 0.345. The smallest absolute Gasteiger partial charge is 0.0522 e. The van der Waals surface area contributed by atoms with Crippen LogP contribution in [-0.4, -0.2) is 16.3 Å². The minimum Gasteiger partial charge on any atom is -0.310 e. The fourth-order valence-electron chi connectivity index (χ4n) is 2.24. The van der Waals surface area contributed by atoms with Crippen LogP contribution >= 0.6 is 15.9 Å². The van der Waals surface area contributed by atoms with E-state index in [-0.39, 0.29) is 0 Å². The van der Waals surface area contributed by atoms with Crippen LogP contribution in [0.2, 0.25) is 0 Å². The molecular formula is C16H22BrN3. The molecule has 0 amide bonds. The Hall–Kier alpha value is -1.13. The first-order chi connectivity index (χ1) is 9.72. The molecule has 0 spiro atoms. The van der Waals surface area contributed by atoms with E-state index in [0.29, 0.717) is 6.04 Å². The Morgan fingerprint density at radius 2 is 2.00 bits per heavy atom.